The van der Waals surface area contributed by atoms with Gasteiger partial charge in [-0.15, -0.1) is 0 Å². The van der Waals surface area contributed by atoms with Gasteiger partial charge >= 0.3 is 0 Å². The van der Waals surface area contributed by atoms with E-state index in [9.17, 15) is 18.0 Å². The molecule has 2 rings (SSSR count). The first kappa shape index (κ1) is 19.4. The fourth-order valence-corrected chi connectivity index (χ4v) is 3.39. The minimum Gasteiger partial charge on any atom is -0.352 e. The molecule has 1 saturated carbocycles. The smallest absolute Gasteiger partial charge is 0.251 e. The van der Waals surface area contributed by atoms with Crippen molar-refractivity contribution in [3.05, 3.63) is 29.8 Å². The quantitative estimate of drug-likeness (QED) is 0.641. The van der Waals surface area contributed by atoms with Crippen LogP contribution in [0.25, 0.3) is 0 Å². The molecule has 8 heteroatoms. The van der Waals surface area contributed by atoms with Crippen molar-refractivity contribution in [1.82, 2.24) is 15.4 Å². The van der Waals surface area contributed by atoms with E-state index in [1.54, 1.807) is 6.92 Å². The van der Waals surface area contributed by atoms with Crippen molar-refractivity contribution in [1.29, 1.82) is 0 Å². The van der Waals surface area contributed by atoms with E-state index in [1.807, 2.05) is 13.8 Å². The Balaban J connectivity index is 1.96. The molecule has 0 bridgehead atoms. The molecule has 2 atom stereocenters. The molecule has 0 spiro atoms. The molecule has 2 unspecified atom stereocenters. The van der Waals surface area contributed by atoms with Gasteiger partial charge in [0, 0.05) is 17.6 Å². The first-order valence-electron chi connectivity index (χ1n) is 8.46. The predicted octanol–water partition coefficient (Wildman–Crippen LogP) is 1.16. The molecule has 1 aromatic rings. The highest BCUT2D eigenvalue weighted by Gasteiger charge is 2.28. The molecule has 1 aliphatic rings. The monoisotopic (exact) mass is 367 g/mol. The van der Waals surface area contributed by atoms with E-state index >= 15 is 0 Å². The summed E-state index contributed by atoms with van der Waals surface area (Å²) in [7, 11) is -3.54. The predicted molar refractivity (Wildman–Crippen MR) is 94.6 cm³/mol. The molecule has 0 aromatic heterocycles. The summed E-state index contributed by atoms with van der Waals surface area (Å²) in [6, 6.07) is 5.05. The van der Waals surface area contributed by atoms with Crippen LogP contribution < -0.4 is 15.4 Å². The van der Waals surface area contributed by atoms with Gasteiger partial charge < -0.3 is 10.6 Å². The number of amides is 2. The molecule has 1 fully saturated rings. The molecule has 0 radical (unpaired) electrons. The zero-order chi connectivity index (χ0) is 18.6. The maximum Gasteiger partial charge on any atom is 0.251 e. The zero-order valence-electron chi connectivity index (χ0n) is 14.7. The maximum atomic E-state index is 12.2. The van der Waals surface area contributed by atoms with Gasteiger partial charge in [-0.05, 0) is 57.4 Å². The van der Waals surface area contributed by atoms with Gasteiger partial charge in [-0.3, -0.25) is 9.59 Å². The summed E-state index contributed by atoms with van der Waals surface area (Å²) in [5.74, 6) is -0.679. The number of carbonyl (C=O) groups excluding carboxylic acids is 2. The lowest BCUT2D eigenvalue weighted by Gasteiger charge is -2.17. The van der Waals surface area contributed by atoms with Crippen LogP contribution in [0.3, 0.4) is 0 Å². The summed E-state index contributed by atoms with van der Waals surface area (Å²) >= 11 is 0. The van der Waals surface area contributed by atoms with E-state index in [2.05, 4.69) is 15.4 Å². The van der Waals surface area contributed by atoms with Gasteiger partial charge in [-0.2, -0.15) is 0 Å². The van der Waals surface area contributed by atoms with Gasteiger partial charge in [0.1, 0.15) is 6.04 Å². The van der Waals surface area contributed by atoms with E-state index in [-0.39, 0.29) is 22.9 Å². The molecule has 0 heterocycles. The normalized spacial score (nSPS) is 16.8. The second-order valence-electron chi connectivity index (χ2n) is 6.43. The lowest BCUT2D eigenvalue weighted by atomic mass is 10.2. The number of sulfonamides is 1. The first-order valence-corrected chi connectivity index (χ1v) is 9.95. The van der Waals surface area contributed by atoms with Gasteiger partial charge in [-0.1, -0.05) is 6.92 Å². The highest BCUT2D eigenvalue weighted by atomic mass is 32.2. The Morgan fingerprint density at radius 2 is 1.72 bits per heavy atom. The average molecular weight is 367 g/mol. The second-order valence-corrected chi connectivity index (χ2v) is 8.15. The van der Waals surface area contributed by atoms with Crippen molar-refractivity contribution < 1.29 is 18.0 Å². The fraction of sp³-hybridized carbons (Fsp3) is 0.529. The Hall–Kier alpha value is -1.93. The molecule has 7 nitrogen and oxygen atoms in total. The molecule has 25 heavy (non-hydrogen) atoms. The third kappa shape index (κ3) is 5.54. The minimum absolute atomic E-state index is 0.0258. The SMILES string of the molecule is CCC(C)NC(=O)C(C)NC(=O)c1ccc(S(=O)(=O)NC2CC2)cc1. The minimum atomic E-state index is -3.54. The zero-order valence-corrected chi connectivity index (χ0v) is 15.5. The van der Waals surface area contributed by atoms with Crippen LogP contribution in [0.4, 0.5) is 0 Å². The van der Waals surface area contributed by atoms with Gasteiger partial charge in [0.15, 0.2) is 0 Å². The highest BCUT2D eigenvalue weighted by molar-refractivity contribution is 7.89. The van der Waals surface area contributed by atoms with Crippen LogP contribution in [0, 0.1) is 0 Å². The molecule has 0 saturated heterocycles. The van der Waals surface area contributed by atoms with Gasteiger partial charge in [0.05, 0.1) is 4.90 Å². The Bertz CT molecular complexity index is 727. The van der Waals surface area contributed by atoms with E-state index in [0.717, 1.165) is 19.3 Å². The molecule has 2 amide bonds. The number of hydrogen-bond acceptors (Lipinski definition) is 4. The van der Waals surface area contributed by atoms with Gasteiger partial charge in [-0.25, -0.2) is 13.1 Å². The van der Waals surface area contributed by atoms with Crippen LogP contribution >= 0.6 is 0 Å². The summed E-state index contributed by atoms with van der Waals surface area (Å²) in [6.07, 6.45) is 2.52. The molecule has 0 aliphatic heterocycles. The van der Waals surface area contributed by atoms with E-state index in [1.165, 1.54) is 24.3 Å². The van der Waals surface area contributed by atoms with E-state index in [4.69, 9.17) is 0 Å². The van der Waals surface area contributed by atoms with Crippen molar-refractivity contribution in [3.8, 4) is 0 Å². The molecular weight excluding hydrogens is 342 g/mol. The molecule has 3 N–H and O–H groups in total. The molecule has 138 valence electrons. The third-order valence-electron chi connectivity index (χ3n) is 4.07. The first-order chi connectivity index (χ1) is 11.7. The fourth-order valence-electron chi connectivity index (χ4n) is 2.09. The Kier molecular flexibility index (Phi) is 6.18. The number of carbonyl (C=O) groups is 2. The lowest BCUT2D eigenvalue weighted by Crippen LogP contribution is -2.47. The van der Waals surface area contributed by atoms with Crippen LogP contribution in [-0.2, 0) is 14.8 Å². The largest absolute Gasteiger partial charge is 0.352 e. The van der Waals surface area contributed by atoms with Crippen LogP contribution in [0.5, 0.6) is 0 Å². The van der Waals surface area contributed by atoms with Crippen LogP contribution in [-0.4, -0.2) is 38.4 Å². The maximum absolute atomic E-state index is 12.2. The Morgan fingerprint density at radius 3 is 2.24 bits per heavy atom. The average Bonchev–Trinajstić information content (AvgIpc) is 3.37. The van der Waals surface area contributed by atoms with Crippen molar-refractivity contribution in [2.45, 2.75) is 63.1 Å². The highest BCUT2D eigenvalue weighted by Crippen LogP contribution is 2.22. The van der Waals surface area contributed by atoms with E-state index < -0.39 is 22.0 Å². The number of nitrogens with one attached hydrogen (secondary N) is 3. The summed E-state index contributed by atoms with van der Waals surface area (Å²) in [4.78, 5) is 24.3. The standard InChI is InChI=1S/C17H25N3O4S/c1-4-11(2)18-16(21)12(3)19-17(22)13-5-9-15(10-6-13)25(23,24)20-14-7-8-14/h5-6,9-12,14,20H,4,7-8H2,1-3H3,(H,18,21)(H,19,22). The number of rotatable bonds is 8. The number of hydrogen-bond donors (Lipinski definition) is 3. The summed E-state index contributed by atoms with van der Waals surface area (Å²) in [6.45, 7) is 5.46. The third-order valence-corrected chi connectivity index (χ3v) is 5.60. The Labute approximate surface area is 148 Å². The summed E-state index contributed by atoms with van der Waals surface area (Å²) in [5.41, 5.74) is 0.300. The van der Waals surface area contributed by atoms with Crippen LogP contribution in [0.15, 0.2) is 29.2 Å². The van der Waals surface area contributed by atoms with Crippen molar-refractivity contribution >= 4 is 21.8 Å². The second kappa shape index (κ2) is 7.97. The molecule has 1 aromatic carbocycles. The summed E-state index contributed by atoms with van der Waals surface area (Å²) in [5, 5.41) is 5.41. The molecular formula is C17H25N3O4S. The van der Waals surface area contributed by atoms with Crippen LogP contribution in [0.2, 0.25) is 0 Å². The number of benzene rings is 1. The van der Waals surface area contributed by atoms with Crippen LogP contribution in [0.1, 0.15) is 50.4 Å². The van der Waals surface area contributed by atoms with Crippen molar-refractivity contribution in [2.24, 2.45) is 0 Å². The molecule has 1 aliphatic carbocycles. The Morgan fingerprint density at radius 1 is 1.12 bits per heavy atom. The topological polar surface area (TPSA) is 104 Å². The van der Waals surface area contributed by atoms with Crippen molar-refractivity contribution in [2.75, 3.05) is 0 Å². The van der Waals surface area contributed by atoms with Gasteiger partial charge in [0.2, 0.25) is 15.9 Å². The van der Waals surface area contributed by atoms with Crippen molar-refractivity contribution in [3.63, 3.8) is 0 Å². The lowest BCUT2D eigenvalue weighted by molar-refractivity contribution is -0.123. The van der Waals surface area contributed by atoms with Gasteiger partial charge in [0.25, 0.3) is 5.91 Å². The summed E-state index contributed by atoms with van der Waals surface area (Å²) < 4.78 is 26.8. The van der Waals surface area contributed by atoms with E-state index in [0.29, 0.717) is 5.56 Å².